The molecule has 0 amide bonds. The number of nitrogens with one attached hydrogen (secondary N) is 1. The summed E-state index contributed by atoms with van der Waals surface area (Å²) in [5, 5.41) is 3.55. The summed E-state index contributed by atoms with van der Waals surface area (Å²) in [6, 6.07) is 16.3. The molecule has 6 heteroatoms. The fraction of sp³-hybridized carbons (Fsp3) is 0.100. The number of hydrogen-bond acceptors (Lipinski definition) is 2. The van der Waals surface area contributed by atoms with E-state index in [9.17, 15) is 8.78 Å². The van der Waals surface area contributed by atoms with E-state index < -0.39 is 11.6 Å². The molecule has 0 aliphatic rings. The molecule has 0 heterocycles. The van der Waals surface area contributed by atoms with Crippen molar-refractivity contribution in [3.05, 3.63) is 93.5 Å². The Morgan fingerprint density at radius 3 is 2.42 bits per heavy atom. The Balaban J connectivity index is 1.63. The SMILES string of the molecule is Fc1ccc(NCc2cccc(OCc3c(F)cccc3Cl)c2)cc1Cl. The van der Waals surface area contributed by atoms with E-state index in [1.807, 2.05) is 18.2 Å². The molecule has 2 nitrogen and oxygen atoms in total. The van der Waals surface area contributed by atoms with Crippen LogP contribution in [0.1, 0.15) is 11.1 Å². The molecule has 3 aromatic carbocycles. The van der Waals surface area contributed by atoms with Gasteiger partial charge in [0, 0.05) is 17.8 Å². The van der Waals surface area contributed by atoms with Gasteiger partial charge in [0.15, 0.2) is 0 Å². The quantitative estimate of drug-likeness (QED) is 0.518. The van der Waals surface area contributed by atoms with E-state index in [-0.39, 0.29) is 11.6 Å². The predicted molar refractivity (Wildman–Crippen MR) is 101 cm³/mol. The van der Waals surface area contributed by atoms with Gasteiger partial charge in [-0.15, -0.1) is 0 Å². The second-order valence-electron chi connectivity index (χ2n) is 5.62. The molecule has 134 valence electrons. The first-order chi connectivity index (χ1) is 12.5. The maximum atomic E-state index is 13.8. The minimum atomic E-state index is -0.459. The molecule has 3 aromatic rings. The summed E-state index contributed by atoms with van der Waals surface area (Å²) in [6.45, 7) is 0.537. The second-order valence-corrected chi connectivity index (χ2v) is 6.43. The van der Waals surface area contributed by atoms with Crippen LogP contribution < -0.4 is 10.1 Å². The van der Waals surface area contributed by atoms with Crippen molar-refractivity contribution in [2.75, 3.05) is 5.32 Å². The molecule has 0 saturated carbocycles. The second kappa shape index (κ2) is 8.39. The van der Waals surface area contributed by atoms with Gasteiger partial charge < -0.3 is 10.1 Å². The van der Waals surface area contributed by atoms with Crippen LogP contribution in [0, 0.1) is 11.6 Å². The number of benzene rings is 3. The Morgan fingerprint density at radius 1 is 0.846 bits per heavy atom. The zero-order valence-electron chi connectivity index (χ0n) is 13.6. The third-order valence-electron chi connectivity index (χ3n) is 3.76. The Morgan fingerprint density at radius 2 is 1.65 bits per heavy atom. The van der Waals surface area contributed by atoms with Gasteiger partial charge in [-0.3, -0.25) is 0 Å². The first kappa shape index (κ1) is 18.5. The molecular formula is C20H15Cl2F2NO. The summed E-state index contributed by atoms with van der Waals surface area (Å²) in [7, 11) is 0. The largest absolute Gasteiger partial charge is 0.489 e. The number of halogens is 4. The van der Waals surface area contributed by atoms with E-state index in [1.54, 1.807) is 24.3 Å². The lowest BCUT2D eigenvalue weighted by Crippen LogP contribution is -2.02. The summed E-state index contributed by atoms with van der Waals surface area (Å²) < 4.78 is 32.6. The fourth-order valence-electron chi connectivity index (χ4n) is 2.38. The highest BCUT2D eigenvalue weighted by Gasteiger charge is 2.08. The van der Waals surface area contributed by atoms with Gasteiger partial charge in [0.05, 0.1) is 10.0 Å². The summed E-state index contributed by atoms with van der Waals surface area (Å²) in [6.07, 6.45) is 0. The maximum Gasteiger partial charge on any atom is 0.141 e. The van der Waals surface area contributed by atoms with Crippen molar-refractivity contribution in [2.45, 2.75) is 13.2 Å². The number of anilines is 1. The van der Waals surface area contributed by atoms with Crippen LogP contribution in [0.25, 0.3) is 0 Å². The summed E-state index contributed by atoms with van der Waals surface area (Å²) in [5.41, 5.74) is 1.97. The Labute approximate surface area is 160 Å². The first-order valence-electron chi connectivity index (χ1n) is 7.86. The van der Waals surface area contributed by atoms with Gasteiger partial charge in [0.1, 0.15) is 24.0 Å². The van der Waals surface area contributed by atoms with Crippen LogP contribution in [-0.4, -0.2) is 0 Å². The first-order valence-corrected chi connectivity index (χ1v) is 8.62. The molecule has 0 spiro atoms. The van der Waals surface area contributed by atoms with Crippen LogP contribution in [0.15, 0.2) is 60.7 Å². The molecule has 0 aliphatic heterocycles. The van der Waals surface area contributed by atoms with E-state index in [1.165, 1.54) is 18.2 Å². The van der Waals surface area contributed by atoms with Crippen molar-refractivity contribution in [2.24, 2.45) is 0 Å². The fourth-order valence-corrected chi connectivity index (χ4v) is 2.78. The number of rotatable bonds is 6. The molecular weight excluding hydrogens is 379 g/mol. The van der Waals surface area contributed by atoms with E-state index in [0.29, 0.717) is 28.6 Å². The molecule has 0 aromatic heterocycles. The van der Waals surface area contributed by atoms with Crippen LogP contribution in [-0.2, 0) is 13.2 Å². The van der Waals surface area contributed by atoms with Crippen molar-refractivity contribution in [1.29, 1.82) is 0 Å². The highest BCUT2D eigenvalue weighted by Crippen LogP contribution is 2.23. The lowest BCUT2D eigenvalue weighted by Gasteiger charge is -2.11. The van der Waals surface area contributed by atoms with Gasteiger partial charge in [0.25, 0.3) is 0 Å². The normalized spacial score (nSPS) is 10.6. The molecule has 0 unspecified atom stereocenters. The van der Waals surface area contributed by atoms with Crippen LogP contribution in [0.2, 0.25) is 10.0 Å². The maximum absolute atomic E-state index is 13.8. The topological polar surface area (TPSA) is 21.3 Å². The summed E-state index contributed by atoms with van der Waals surface area (Å²) >= 11 is 11.8. The number of ether oxygens (including phenoxy) is 1. The van der Waals surface area contributed by atoms with Gasteiger partial charge in [0.2, 0.25) is 0 Å². The van der Waals surface area contributed by atoms with Gasteiger partial charge in [-0.1, -0.05) is 41.4 Å². The molecule has 26 heavy (non-hydrogen) atoms. The average Bonchev–Trinajstić information content (AvgIpc) is 2.63. The Hall–Kier alpha value is -2.30. The minimum absolute atomic E-state index is 0.0377. The van der Waals surface area contributed by atoms with E-state index in [0.717, 1.165) is 5.56 Å². The molecule has 0 radical (unpaired) electrons. The van der Waals surface area contributed by atoms with Gasteiger partial charge in [-0.05, 0) is 48.0 Å². The van der Waals surface area contributed by atoms with Crippen molar-refractivity contribution in [1.82, 2.24) is 0 Å². The highest BCUT2D eigenvalue weighted by molar-refractivity contribution is 6.31. The minimum Gasteiger partial charge on any atom is -0.489 e. The zero-order chi connectivity index (χ0) is 18.5. The van der Waals surface area contributed by atoms with Gasteiger partial charge >= 0.3 is 0 Å². The summed E-state index contributed by atoms with van der Waals surface area (Å²) in [4.78, 5) is 0. The van der Waals surface area contributed by atoms with Crippen LogP contribution in [0.4, 0.5) is 14.5 Å². The molecule has 0 atom stereocenters. The van der Waals surface area contributed by atoms with Crippen LogP contribution in [0.3, 0.4) is 0 Å². The molecule has 3 rings (SSSR count). The van der Waals surface area contributed by atoms with Crippen molar-refractivity contribution >= 4 is 28.9 Å². The van der Waals surface area contributed by atoms with E-state index in [4.69, 9.17) is 27.9 Å². The Kier molecular flexibility index (Phi) is 5.96. The standard InChI is InChI=1S/C20H15Cl2F2NO/c21-17-5-2-6-19(23)16(17)12-26-15-4-1-3-13(9-15)11-25-14-7-8-20(24)18(22)10-14/h1-10,25H,11-12H2. The Bertz CT molecular complexity index is 898. The zero-order valence-corrected chi connectivity index (χ0v) is 15.1. The van der Waals surface area contributed by atoms with Crippen molar-refractivity contribution in [3.63, 3.8) is 0 Å². The third kappa shape index (κ3) is 4.65. The van der Waals surface area contributed by atoms with Crippen molar-refractivity contribution < 1.29 is 13.5 Å². The monoisotopic (exact) mass is 393 g/mol. The molecule has 0 aliphatic carbocycles. The highest BCUT2D eigenvalue weighted by atomic mass is 35.5. The third-order valence-corrected chi connectivity index (χ3v) is 4.40. The molecule has 0 saturated heterocycles. The lowest BCUT2D eigenvalue weighted by molar-refractivity contribution is 0.299. The molecule has 0 fully saturated rings. The van der Waals surface area contributed by atoms with Crippen LogP contribution in [0.5, 0.6) is 5.75 Å². The lowest BCUT2D eigenvalue weighted by atomic mass is 10.2. The van der Waals surface area contributed by atoms with Crippen molar-refractivity contribution in [3.8, 4) is 5.75 Å². The smallest absolute Gasteiger partial charge is 0.141 e. The number of hydrogen-bond donors (Lipinski definition) is 1. The molecule has 1 N–H and O–H groups in total. The van der Waals surface area contributed by atoms with Crippen LogP contribution >= 0.6 is 23.2 Å². The van der Waals surface area contributed by atoms with Gasteiger partial charge in [-0.2, -0.15) is 0 Å². The van der Waals surface area contributed by atoms with Gasteiger partial charge in [-0.25, -0.2) is 8.78 Å². The average molecular weight is 394 g/mol. The summed E-state index contributed by atoms with van der Waals surface area (Å²) in [5.74, 6) is -0.260. The van der Waals surface area contributed by atoms with E-state index in [2.05, 4.69) is 5.32 Å². The molecule has 0 bridgehead atoms. The predicted octanol–water partition coefficient (Wildman–Crippen LogP) is 6.46. The van der Waals surface area contributed by atoms with E-state index >= 15 is 0 Å².